The Bertz CT molecular complexity index is 1390. The standard InChI is InChI=1S/C32H33ClFNO4/c1-5-6-7-18-39-24-15-10-21(11-16-24)29(36)27-28(20-8-12-22(13-9-20)32(2,3)4)35(31(38)30(27)37)23-14-17-26(34)25(33)19-23/h8-17,19,28,36H,5-7,18H2,1-4H3/b29-27+. The van der Waals surface area contributed by atoms with Gasteiger partial charge in [0.2, 0.25) is 0 Å². The fourth-order valence-corrected chi connectivity index (χ4v) is 4.80. The Morgan fingerprint density at radius 2 is 1.67 bits per heavy atom. The largest absolute Gasteiger partial charge is 0.507 e. The number of aliphatic hydroxyl groups excluding tert-OH is 1. The summed E-state index contributed by atoms with van der Waals surface area (Å²) in [4.78, 5) is 28.0. The minimum Gasteiger partial charge on any atom is -0.507 e. The number of anilines is 1. The summed E-state index contributed by atoms with van der Waals surface area (Å²) in [7, 11) is 0. The number of carbonyl (C=O) groups is 2. The summed E-state index contributed by atoms with van der Waals surface area (Å²) >= 11 is 6.03. The number of amides is 1. The molecule has 7 heteroatoms. The first kappa shape index (κ1) is 28.4. The molecule has 1 atom stereocenters. The summed E-state index contributed by atoms with van der Waals surface area (Å²) < 4.78 is 19.7. The molecule has 1 aliphatic rings. The number of aliphatic hydroxyl groups is 1. The lowest BCUT2D eigenvalue weighted by Crippen LogP contribution is -2.29. The number of halogens is 2. The van der Waals surface area contributed by atoms with Crippen LogP contribution < -0.4 is 9.64 Å². The summed E-state index contributed by atoms with van der Waals surface area (Å²) in [6.45, 7) is 8.98. The van der Waals surface area contributed by atoms with Gasteiger partial charge in [-0.05, 0) is 65.4 Å². The molecule has 1 aliphatic heterocycles. The average Bonchev–Trinajstić information content (AvgIpc) is 3.18. The van der Waals surface area contributed by atoms with Gasteiger partial charge in [0.05, 0.1) is 23.2 Å². The molecule has 1 saturated heterocycles. The van der Waals surface area contributed by atoms with Crippen molar-refractivity contribution in [3.8, 4) is 5.75 Å². The van der Waals surface area contributed by atoms with Gasteiger partial charge in [0.1, 0.15) is 17.3 Å². The zero-order valence-corrected chi connectivity index (χ0v) is 23.4. The number of carbonyl (C=O) groups excluding carboxylic acids is 2. The molecule has 204 valence electrons. The average molecular weight is 550 g/mol. The summed E-state index contributed by atoms with van der Waals surface area (Å²) in [5.41, 5.74) is 2.17. The number of unbranched alkanes of at least 4 members (excludes halogenated alkanes) is 2. The van der Waals surface area contributed by atoms with Gasteiger partial charge in [-0.2, -0.15) is 0 Å². The predicted octanol–water partition coefficient (Wildman–Crippen LogP) is 7.97. The summed E-state index contributed by atoms with van der Waals surface area (Å²) in [5, 5.41) is 11.2. The van der Waals surface area contributed by atoms with Gasteiger partial charge < -0.3 is 9.84 Å². The maximum atomic E-state index is 13.9. The summed E-state index contributed by atoms with van der Waals surface area (Å²) in [5.74, 6) is -1.96. The van der Waals surface area contributed by atoms with Crippen LogP contribution in [0.15, 0.2) is 72.3 Å². The Balaban J connectivity index is 1.79. The fourth-order valence-electron chi connectivity index (χ4n) is 4.62. The molecular weight excluding hydrogens is 517 g/mol. The van der Waals surface area contributed by atoms with Crippen LogP contribution in [0.2, 0.25) is 5.02 Å². The second-order valence-corrected chi connectivity index (χ2v) is 11.1. The Kier molecular flexibility index (Phi) is 8.45. The Hall–Kier alpha value is -3.64. The van der Waals surface area contributed by atoms with Gasteiger partial charge in [0, 0.05) is 11.3 Å². The third kappa shape index (κ3) is 6.01. The van der Waals surface area contributed by atoms with E-state index in [9.17, 15) is 19.1 Å². The van der Waals surface area contributed by atoms with Crippen LogP contribution in [0.25, 0.3) is 5.76 Å². The van der Waals surface area contributed by atoms with E-state index >= 15 is 0 Å². The van der Waals surface area contributed by atoms with Crippen LogP contribution in [0, 0.1) is 5.82 Å². The van der Waals surface area contributed by atoms with E-state index in [1.807, 2.05) is 24.3 Å². The van der Waals surface area contributed by atoms with E-state index in [0.29, 0.717) is 23.5 Å². The number of rotatable bonds is 8. The van der Waals surface area contributed by atoms with E-state index < -0.39 is 23.5 Å². The van der Waals surface area contributed by atoms with Crippen molar-refractivity contribution >= 4 is 34.7 Å². The van der Waals surface area contributed by atoms with E-state index in [2.05, 4.69) is 27.7 Å². The highest BCUT2D eigenvalue weighted by Gasteiger charge is 2.47. The Morgan fingerprint density at radius 1 is 1.00 bits per heavy atom. The van der Waals surface area contributed by atoms with Crippen LogP contribution in [0.5, 0.6) is 5.75 Å². The van der Waals surface area contributed by atoms with E-state index in [0.717, 1.165) is 30.9 Å². The molecule has 4 rings (SSSR count). The lowest BCUT2D eigenvalue weighted by molar-refractivity contribution is -0.132. The van der Waals surface area contributed by atoms with Crippen molar-refractivity contribution in [2.45, 2.75) is 58.4 Å². The smallest absolute Gasteiger partial charge is 0.300 e. The van der Waals surface area contributed by atoms with Gasteiger partial charge in [0.15, 0.2) is 0 Å². The highest BCUT2D eigenvalue weighted by Crippen LogP contribution is 2.43. The van der Waals surface area contributed by atoms with Crippen LogP contribution in [0.3, 0.4) is 0 Å². The van der Waals surface area contributed by atoms with Gasteiger partial charge in [-0.3, -0.25) is 14.5 Å². The van der Waals surface area contributed by atoms with Crippen molar-refractivity contribution in [2.75, 3.05) is 11.5 Å². The first-order valence-corrected chi connectivity index (χ1v) is 13.5. The van der Waals surface area contributed by atoms with Crippen molar-refractivity contribution in [1.82, 2.24) is 0 Å². The molecule has 5 nitrogen and oxygen atoms in total. The molecule has 0 bridgehead atoms. The number of benzene rings is 3. The number of hydrogen-bond donors (Lipinski definition) is 1. The maximum absolute atomic E-state index is 13.9. The van der Waals surface area contributed by atoms with Crippen molar-refractivity contribution in [3.05, 3.63) is 99.8 Å². The van der Waals surface area contributed by atoms with Crippen LogP contribution in [-0.4, -0.2) is 23.4 Å². The number of Topliss-reactive ketones (excluding diaryl/α,β-unsaturated/α-hetero) is 1. The summed E-state index contributed by atoms with van der Waals surface area (Å²) in [6, 6.07) is 17.3. The Morgan fingerprint density at radius 3 is 2.26 bits per heavy atom. The van der Waals surface area contributed by atoms with Gasteiger partial charge in [-0.15, -0.1) is 0 Å². The third-order valence-electron chi connectivity index (χ3n) is 6.86. The number of hydrogen-bond acceptors (Lipinski definition) is 4. The minimum atomic E-state index is -0.939. The Labute approximate surface area is 233 Å². The molecule has 1 heterocycles. The minimum absolute atomic E-state index is 0.0550. The molecule has 3 aromatic carbocycles. The summed E-state index contributed by atoms with van der Waals surface area (Å²) in [6.07, 6.45) is 3.12. The molecule has 0 aromatic heterocycles. The number of nitrogens with zero attached hydrogens (tertiary/aromatic N) is 1. The zero-order chi connectivity index (χ0) is 28.3. The van der Waals surface area contributed by atoms with Crippen LogP contribution in [0.1, 0.15) is 69.7 Å². The van der Waals surface area contributed by atoms with Gasteiger partial charge in [-0.25, -0.2) is 4.39 Å². The lowest BCUT2D eigenvalue weighted by atomic mass is 9.85. The van der Waals surface area contributed by atoms with Crippen molar-refractivity contribution in [2.24, 2.45) is 0 Å². The highest BCUT2D eigenvalue weighted by atomic mass is 35.5. The quantitative estimate of drug-likeness (QED) is 0.134. The lowest BCUT2D eigenvalue weighted by Gasteiger charge is -2.27. The van der Waals surface area contributed by atoms with E-state index in [4.69, 9.17) is 16.3 Å². The molecule has 0 saturated carbocycles. The monoisotopic (exact) mass is 549 g/mol. The van der Waals surface area contributed by atoms with Gasteiger partial charge >= 0.3 is 0 Å². The van der Waals surface area contributed by atoms with E-state index in [1.54, 1.807) is 24.3 Å². The van der Waals surface area contributed by atoms with Crippen LogP contribution in [0.4, 0.5) is 10.1 Å². The topological polar surface area (TPSA) is 66.8 Å². The molecule has 3 aromatic rings. The third-order valence-corrected chi connectivity index (χ3v) is 7.15. The first-order chi connectivity index (χ1) is 18.5. The van der Waals surface area contributed by atoms with Crippen molar-refractivity contribution in [3.63, 3.8) is 0 Å². The van der Waals surface area contributed by atoms with Crippen LogP contribution >= 0.6 is 11.6 Å². The first-order valence-electron chi connectivity index (χ1n) is 13.1. The molecule has 1 fully saturated rings. The maximum Gasteiger partial charge on any atom is 0.300 e. The molecule has 1 unspecified atom stereocenters. The highest BCUT2D eigenvalue weighted by molar-refractivity contribution is 6.51. The van der Waals surface area contributed by atoms with Crippen molar-refractivity contribution < 1.29 is 23.8 Å². The normalized spacial score (nSPS) is 17.1. The number of ether oxygens (including phenoxy) is 1. The van der Waals surface area contributed by atoms with E-state index in [-0.39, 0.29) is 27.5 Å². The second kappa shape index (κ2) is 11.6. The van der Waals surface area contributed by atoms with Crippen molar-refractivity contribution in [1.29, 1.82) is 0 Å². The molecule has 1 N–H and O–H groups in total. The molecule has 1 amide bonds. The molecule has 0 radical (unpaired) electrons. The molecule has 39 heavy (non-hydrogen) atoms. The number of ketones is 1. The van der Waals surface area contributed by atoms with Gasteiger partial charge in [-0.1, -0.05) is 76.4 Å². The zero-order valence-electron chi connectivity index (χ0n) is 22.6. The van der Waals surface area contributed by atoms with Crippen LogP contribution in [-0.2, 0) is 15.0 Å². The van der Waals surface area contributed by atoms with E-state index in [1.165, 1.54) is 17.0 Å². The van der Waals surface area contributed by atoms with Gasteiger partial charge in [0.25, 0.3) is 11.7 Å². The molecule has 0 spiro atoms. The molecule has 0 aliphatic carbocycles. The predicted molar refractivity (Wildman–Crippen MR) is 153 cm³/mol. The fraction of sp³-hybridized carbons (Fsp3) is 0.312. The molecular formula is C32H33ClFNO4. The second-order valence-electron chi connectivity index (χ2n) is 10.7. The SMILES string of the molecule is CCCCCOc1ccc(/C(O)=C2\C(=O)C(=O)N(c3ccc(F)c(Cl)c3)C2c2ccc(C(C)(C)C)cc2)cc1.